The van der Waals surface area contributed by atoms with E-state index in [4.69, 9.17) is 5.73 Å². The lowest BCUT2D eigenvalue weighted by atomic mass is 9.98. The highest BCUT2D eigenvalue weighted by Crippen LogP contribution is 2.22. The first-order chi connectivity index (χ1) is 13.0. The number of carbonyl (C=O) groups is 2. The van der Waals surface area contributed by atoms with Gasteiger partial charge in [-0.15, -0.1) is 0 Å². The quantitative estimate of drug-likeness (QED) is 0.756. The summed E-state index contributed by atoms with van der Waals surface area (Å²) in [4.78, 5) is 30.0. The van der Waals surface area contributed by atoms with Gasteiger partial charge in [0.1, 0.15) is 5.82 Å². The van der Waals surface area contributed by atoms with Crippen LogP contribution in [0.25, 0.3) is 0 Å². The number of nitrogens with two attached hydrogens (primary N) is 1. The largest absolute Gasteiger partial charge is 0.366 e. The normalized spacial score (nSPS) is 16.6. The number of carbonyl (C=O) groups excluding carboxylic acids is 2. The molecule has 1 saturated heterocycles. The number of nitrogens with one attached hydrogen (secondary N) is 2. The number of nitrogens with zero attached hydrogens (tertiary/aromatic N) is 2. The average Bonchev–Trinajstić information content (AvgIpc) is 2.68. The van der Waals surface area contributed by atoms with E-state index in [2.05, 4.69) is 20.5 Å². The van der Waals surface area contributed by atoms with Crippen molar-refractivity contribution in [1.29, 1.82) is 0 Å². The Bertz CT molecular complexity index is 806. The first-order valence-electron chi connectivity index (χ1n) is 9.13. The maximum atomic E-state index is 12.1. The molecule has 4 N–H and O–H groups in total. The minimum Gasteiger partial charge on any atom is -0.366 e. The monoisotopic (exact) mass is 367 g/mol. The lowest BCUT2D eigenvalue weighted by Crippen LogP contribution is -2.42. The molecule has 0 spiro atoms. The summed E-state index contributed by atoms with van der Waals surface area (Å²) in [6.07, 6.45) is 3.65. The Morgan fingerprint density at radius 2 is 2.04 bits per heavy atom. The molecular formula is C20H25N5O2. The lowest BCUT2D eigenvalue weighted by molar-refractivity contribution is 0.1000. The molecule has 1 aromatic heterocycles. The highest BCUT2D eigenvalue weighted by Gasteiger charge is 2.22. The number of urea groups is 1. The average molecular weight is 367 g/mol. The number of benzene rings is 1. The van der Waals surface area contributed by atoms with Crippen molar-refractivity contribution >= 4 is 23.4 Å². The summed E-state index contributed by atoms with van der Waals surface area (Å²) in [6, 6.07) is 10.8. The van der Waals surface area contributed by atoms with Gasteiger partial charge in [-0.3, -0.25) is 4.79 Å². The predicted molar refractivity (Wildman–Crippen MR) is 106 cm³/mol. The molecule has 7 nitrogen and oxygen atoms in total. The number of pyridine rings is 1. The van der Waals surface area contributed by atoms with Crippen molar-refractivity contribution in [2.45, 2.75) is 19.8 Å². The topological polar surface area (TPSA) is 100 Å². The number of anilines is 2. The van der Waals surface area contributed by atoms with Crippen LogP contribution in [0.5, 0.6) is 0 Å². The van der Waals surface area contributed by atoms with Crippen LogP contribution < -0.4 is 21.3 Å². The Labute approximate surface area is 159 Å². The molecule has 3 rings (SSSR count). The fraction of sp³-hybridized carbons (Fsp3) is 0.350. The number of hydrogen-bond acceptors (Lipinski definition) is 4. The summed E-state index contributed by atoms with van der Waals surface area (Å²) >= 11 is 0. The Morgan fingerprint density at radius 3 is 2.78 bits per heavy atom. The van der Waals surface area contributed by atoms with Gasteiger partial charge in [-0.05, 0) is 49.9 Å². The predicted octanol–water partition coefficient (Wildman–Crippen LogP) is 2.53. The fourth-order valence-corrected chi connectivity index (χ4v) is 3.23. The van der Waals surface area contributed by atoms with E-state index in [1.54, 1.807) is 18.3 Å². The van der Waals surface area contributed by atoms with Crippen molar-refractivity contribution in [3.8, 4) is 0 Å². The zero-order chi connectivity index (χ0) is 19.2. The number of aryl methyl sites for hydroxylation is 1. The molecule has 7 heteroatoms. The number of rotatable bonds is 5. The maximum Gasteiger partial charge on any atom is 0.319 e. The van der Waals surface area contributed by atoms with Crippen molar-refractivity contribution in [1.82, 2.24) is 10.3 Å². The summed E-state index contributed by atoms with van der Waals surface area (Å²) in [5.74, 6) is 0.614. The highest BCUT2D eigenvalue weighted by atomic mass is 16.2. The van der Waals surface area contributed by atoms with Crippen LogP contribution in [-0.4, -0.2) is 36.6 Å². The number of piperidine rings is 1. The first-order valence-corrected chi connectivity index (χ1v) is 9.13. The molecule has 3 amide bonds. The smallest absolute Gasteiger partial charge is 0.319 e. The van der Waals surface area contributed by atoms with Crippen LogP contribution in [0.2, 0.25) is 0 Å². The SMILES string of the molecule is Cc1ccc(NC(=O)NC[C@@H]2CCCN(c3cc(C(N)=O)ccn3)C2)cc1. The van der Waals surface area contributed by atoms with Crippen molar-refractivity contribution in [2.75, 3.05) is 29.9 Å². The molecule has 1 aromatic carbocycles. The molecule has 0 radical (unpaired) electrons. The van der Waals surface area contributed by atoms with Gasteiger partial charge in [0, 0.05) is 37.1 Å². The second-order valence-corrected chi connectivity index (χ2v) is 6.92. The van der Waals surface area contributed by atoms with Gasteiger partial charge in [0.15, 0.2) is 0 Å². The molecular weight excluding hydrogens is 342 g/mol. The van der Waals surface area contributed by atoms with E-state index in [0.717, 1.165) is 43.0 Å². The molecule has 0 bridgehead atoms. The molecule has 27 heavy (non-hydrogen) atoms. The maximum absolute atomic E-state index is 12.1. The van der Waals surface area contributed by atoms with Crippen molar-refractivity contribution in [2.24, 2.45) is 11.7 Å². The molecule has 2 heterocycles. The second kappa shape index (κ2) is 8.53. The van der Waals surface area contributed by atoms with E-state index in [0.29, 0.717) is 18.0 Å². The van der Waals surface area contributed by atoms with Crippen molar-refractivity contribution < 1.29 is 9.59 Å². The molecule has 142 valence electrons. The number of amides is 3. The van der Waals surface area contributed by atoms with Gasteiger partial charge in [0.25, 0.3) is 0 Å². The lowest BCUT2D eigenvalue weighted by Gasteiger charge is -2.33. The van der Waals surface area contributed by atoms with Gasteiger partial charge in [0.05, 0.1) is 0 Å². The molecule has 1 atom stereocenters. The third kappa shape index (κ3) is 5.20. The summed E-state index contributed by atoms with van der Waals surface area (Å²) in [5.41, 5.74) is 7.73. The molecule has 0 unspecified atom stereocenters. The summed E-state index contributed by atoms with van der Waals surface area (Å²) in [5, 5.41) is 5.79. The molecule has 1 aliphatic heterocycles. The van der Waals surface area contributed by atoms with Gasteiger partial charge in [-0.25, -0.2) is 9.78 Å². The van der Waals surface area contributed by atoms with Gasteiger partial charge in [-0.2, -0.15) is 0 Å². The van der Waals surface area contributed by atoms with E-state index in [9.17, 15) is 9.59 Å². The zero-order valence-electron chi connectivity index (χ0n) is 15.4. The minimum atomic E-state index is -0.457. The Balaban J connectivity index is 1.52. The third-order valence-electron chi connectivity index (χ3n) is 4.73. The number of primary amides is 1. The molecule has 0 saturated carbocycles. The van der Waals surface area contributed by atoms with Crippen LogP contribution >= 0.6 is 0 Å². The Hall–Kier alpha value is -3.09. The van der Waals surface area contributed by atoms with Crippen molar-refractivity contribution in [3.05, 3.63) is 53.7 Å². The van der Waals surface area contributed by atoms with Crippen LogP contribution in [0.1, 0.15) is 28.8 Å². The van der Waals surface area contributed by atoms with Crippen LogP contribution in [0.4, 0.5) is 16.3 Å². The van der Waals surface area contributed by atoms with E-state index in [1.807, 2.05) is 31.2 Å². The summed E-state index contributed by atoms with van der Waals surface area (Å²) in [7, 11) is 0. The molecule has 0 aliphatic carbocycles. The Morgan fingerprint density at radius 1 is 1.26 bits per heavy atom. The first kappa shape index (κ1) is 18.7. The van der Waals surface area contributed by atoms with Gasteiger partial charge >= 0.3 is 6.03 Å². The minimum absolute atomic E-state index is 0.204. The van der Waals surface area contributed by atoms with Gasteiger partial charge in [0.2, 0.25) is 5.91 Å². The van der Waals surface area contributed by atoms with Crippen LogP contribution in [0.15, 0.2) is 42.6 Å². The van der Waals surface area contributed by atoms with E-state index >= 15 is 0 Å². The Kier molecular flexibility index (Phi) is 5.90. The van der Waals surface area contributed by atoms with Crippen molar-refractivity contribution in [3.63, 3.8) is 0 Å². The third-order valence-corrected chi connectivity index (χ3v) is 4.73. The number of aromatic nitrogens is 1. The summed E-state index contributed by atoms with van der Waals surface area (Å²) < 4.78 is 0. The summed E-state index contributed by atoms with van der Waals surface area (Å²) in [6.45, 7) is 4.25. The van der Waals surface area contributed by atoms with E-state index in [1.165, 1.54) is 0 Å². The highest BCUT2D eigenvalue weighted by molar-refractivity contribution is 5.93. The molecule has 2 aromatic rings. The second-order valence-electron chi connectivity index (χ2n) is 6.92. The molecule has 1 fully saturated rings. The van der Waals surface area contributed by atoms with Crippen LogP contribution in [0, 0.1) is 12.8 Å². The number of hydrogen-bond donors (Lipinski definition) is 3. The standard InChI is InChI=1S/C20H25N5O2/c1-14-4-6-17(7-5-14)24-20(27)23-12-15-3-2-10-25(13-15)18-11-16(19(21)26)8-9-22-18/h4-9,11,15H,2-3,10,12-13H2,1H3,(H2,21,26)(H2,23,24,27)/t15-/m0/s1. The van der Waals surface area contributed by atoms with Crippen LogP contribution in [-0.2, 0) is 0 Å². The van der Waals surface area contributed by atoms with E-state index < -0.39 is 5.91 Å². The van der Waals surface area contributed by atoms with Crippen LogP contribution in [0.3, 0.4) is 0 Å². The fourth-order valence-electron chi connectivity index (χ4n) is 3.23. The van der Waals surface area contributed by atoms with Gasteiger partial charge < -0.3 is 21.3 Å². The molecule has 1 aliphatic rings. The zero-order valence-corrected chi connectivity index (χ0v) is 15.4. The van der Waals surface area contributed by atoms with Gasteiger partial charge in [-0.1, -0.05) is 17.7 Å². The van der Waals surface area contributed by atoms with E-state index in [-0.39, 0.29) is 6.03 Å².